The summed E-state index contributed by atoms with van der Waals surface area (Å²) in [5.41, 5.74) is 2.70. The summed E-state index contributed by atoms with van der Waals surface area (Å²) in [7, 11) is 2.14. The lowest BCUT2D eigenvalue weighted by Gasteiger charge is -2.34. The molecular formula is C28H30N8O2. The summed E-state index contributed by atoms with van der Waals surface area (Å²) in [6.07, 6.45) is 8.47. The Morgan fingerprint density at radius 3 is 2.61 bits per heavy atom. The molecule has 10 nitrogen and oxygen atoms in total. The maximum Gasteiger partial charge on any atom is 0.279 e. The molecule has 1 fully saturated rings. The van der Waals surface area contributed by atoms with E-state index < -0.39 is 5.60 Å². The topological polar surface area (TPSA) is 104 Å². The van der Waals surface area contributed by atoms with E-state index in [1.807, 2.05) is 24.3 Å². The zero-order valence-corrected chi connectivity index (χ0v) is 21.6. The smallest absolute Gasteiger partial charge is 0.279 e. The Kier molecular flexibility index (Phi) is 5.90. The van der Waals surface area contributed by atoms with Crippen molar-refractivity contribution in [2.45, 2.75) is 31.9 Å². The molecule has 1 aromatic carbocycles. The maximum absolute atomic E-state index is 13.2. The van der Waals surface area contributed by atoms with E-state index in [-0.39, 0.29) is 12.1 Å². The highest BCUT2D eigenvalue weighted by Gasteiger charge is 2.34. The van der Waals surface area contributed by atoms with Crippen molar-refractivity contribution in [2.75, 3.05) is 43.4 Å². The first-order valence-electron chi connectivity index (χ1n) is 12.8. The largest absolute Gasteiger partial charge is 0.384 e. The van der Waals surface area contributed by atoms with Crippen LogP contribution in [0.1, 0.15) is 24.6 Å². The Balaban J connectivity index is 1.36. The van der Waals surface area contributed by atoms with E-state index in [2.05, 4.69) is 45.2 Å². The molecular weight excluding hydrogens is 480 g/mol. The van der Waals surface area contributed by atoms with Crippen LogP contribution in [0.25, 0.3) is 16.9 Å². The Hall–Kier alpha value is -4.20. The van der Waals surface area contributed by atoms with Crippen LogP contribution in [-0.4, -0.2) is 67.5 Å². The van der Waals surface area contributed by atoms with Gasteiger partial charge in [-0.25, -0.2) is 19.3 Å². The number of aliphatic hydroxyl groups is 1. The van der Waals surface area contributed by atoms with Crippen molar-refractivity contribution in [1.29, 1.82) is 0 Å². The number of hydrogen-bond acceptors (Lipinski definition) is 8. The van der Waals surface area contributed by atoms with Crippen LogP contribution < -0.4 is 15.8 Å². The molecule has 2 aliphatic rings. The molecule has 0 spiro atoms. The lowest BCUT2D eigenvalue weighted by Crippen LogP contribution is -2.44. The Morgan fingerprint density at radius 2 is 1.87 bits per heavy atom. The average Bonchev–Trinajstić information content (AvgIpc) is 3.37. The second-order valence-corrected chi connectivity index (χ2v) is 10.2. The molecule has 1 saturated heterocycles. The van der Waals surface area contributed by atoms with Crippen molar-refractivity contribution in [2.24, 2.45) is 0 Å². The van der Waals surface area contributed by atoms with Crippen molar-refractivity contribution in [3.63, 3.8) is 0 Å². The van der Waals surface area contributed by atoms with Crippen molar-refractivity contribution in [1.82, 2.24) is 29.2 Å². The molecule has 6 rings (SSSR count). The van der Waals surface area contributed by atoms with Crippen LogP contribution in [0.5, 0.6) is 0 Å². The van der Waals surface area contributed by atoms with Crippen LogP contribution in [0.3, 0.4) is 0 Å². The van der Waals surface area contributed by atoms with Gasteiger partial charge in [0.25, 0.3) is 5.56 Å². The van der Waals surface area contributed by atoms with Gasteiger partial charge in [-0.05, 0) is 62.7 Å². The van der Waals surface area contributed by atoms with E-state index in [9.17, 15) is 9.90 Å². The number of nitrogens with zero attached hydrogens (tertiary/aromatic N) is 7. The summed E-state index contributed by atoms with van der Waals surface area (Å²) >= 11 is 0. The number of anilines is 3. The van der Waals surface area contributed by atoms with Gasteiger partial charge in [0.2, 0.25) is 5.95 Å². The van der Waals surface area contributed by atoms with E-state index in [0.717, 1.165) is 43.9 Å². The summed E-state index contributed by atoms with van der Waals surface area (Å²) < 4.78 is 3.04. The van der Waals surface area contributed by atoms with Gasteiger partial charge in [0.05, 0.1) is 5.69 Å². The fraction of sp³-hybridized carbons (Fsp3) is 0.357. The minimum atomic E-state index is -1.02. The number of hydrogen-bond donors (Lipinski definition) is 2. The fourth-order valence-corrected chi connectivity index (χ4v) is 5.26. The van der Waals surface area contributed by atoms with Crippen LogP contribution in [0, 0.1) is 12.3 Å². The van der Waals surface area contributed by atoms with Gasteiger partial charge in [0.1, 0.15) is 17.5 Å². The standard InChI is InChI=1S/C28H30N8O2/c1-4-13-35-26(37)22-18-29-27(30-20-6-8-21(9-7-20)34-16-14-33(3)15-17-34)32-25(22)36(35)23-10-5-19-11-12-28(2,38)24(19)31-23/h1,5-10,18,38H,11-17H2,2-3H3,(H,29,30,32)/t28-/m1/s1. The molecule has 194 valence electrons. The summed E-state index contributed by atoms with van der Waals surface area (Å²) in [4.78, 5) is 31.8. The van der Waals surface area contributed by atoms with Crippen LogP contribution in [0.15, 0.2) is 47.4 Å². The third-order valence-electron chi connectivity index (χ3n) is 7.48. The van der Waals surface area contributed by atoms with Crippen LogP contribution in [-0.2, 0) is 18.6 Å². The van der Waals surface area contributed by atoms with Gasteiger partial charge >= 0.3 is 0 Å². The third-order valence-corrected chi connectivity index (χ3v) is 7.48. The summed E-state index contributed by atoms with van der Waals surface area (Å²) in [6, 6.07) is 12.0. The zero-order chi connectivity index (χ0) is 26.4. The molecule has 4 aromatic rings. The molecule has 2 N–H and O–H groups in total. The van der Waals surface area contributed by atoms with Crippen molar-refractivity contribution in [3.8, 4) is 18.2 Å². The minimum absolute atomic E-state index is 0.0425. The molecule has 1 aliphatic carbocycles. The number of likely N-dealkylation sites (N-methyl/N-ethyl adjacent to an activating group) is 1. The first kappa shape index (κ1) is 24.2. The van der Waals surface area contributed by atoms with Gasteiger partial charge in [-0.1, -0.05) is 12.0 Å². The van der Waals surface area contributed by atoms with Crippen LogP contribution in [0.2, 0.25) is 0 Å². The second-order valence-electron chi connectivity index (χ2n) is 10.2. The van der Waals surface area contributed by atoms with Gasteiger partial charge in [0.15, 0.2) is 11.5 Å². The van der Waals surface area contributed by atoms with Gasteiger partial charge in [-0.15, -0.1) is 6.42 Å². The Labute approximate surface area is 220 Å². The van der Waals surface area contributed by atoms with Crippen LogP contribution >= 0.6 is 0 Å². The van der Waals surface area contributed by atoms with E-state index in [0.29, 0.717) is 34.9 Å². The first-order chi connectivity index (χ1) is 18.3. The quantitative estimate of drug-likeness (QED) is 0.394. The normalized spacial score (nSPS) is 19.5. The van der Waals surface area contributed by atoms with E-state index in [4.69, 9.17) is 16.4 Å². The second kappa shape index (κ2) is 9.28. The number of aromatic nitrogens is 5. The SMILES string of the molecule is C#CCn1c(=O)c2cnc(Nc3ccc(N4CCN(C)CC4)cc3)nc2n1-c1ccc2c(n1)[C@](C)(O)CC2. The van der Waals surface area contributed by atoms with Gasteiger partial charge < -0.3 is 20.2 Å². The molecule has 1 atom stereocenters. The van der Waals surface area contributed by atoms with Crippen molar-refractivity contribution < 1.29 is 5.11 Å². The molecule has 0 amide bonds. The number of piperazine rings is 1. The van der Waals surface area contributed by atoms with Crippen molar-refractivity contribution >= 4 is 28.4 Å². The zero-order valence-electron chi connectivity index (χ0n) is 21.6. The highest BCUT2D eigenvalue weighted by atomic mass is 16.3. The van der Waals surface area contributed by atoms with Crippen LogP contribution in [0.4, 0.5) is 17.3 Å². The molecule has 0 unspecified atom stereocenters. The number of nitrogens with one attached hydrogen (secondary N) is 1. The number of benzene rings is 1. The lowest BCUT2D eigenvalue weighted by molar-refractivity contribution is 0.0553. The summed E-state index contributed by atoms with van der Waals surface area (Å²) in [5, 5.41) is 14.4. The highest BCUT2D eigenvalue weighted by molar-refractivity contribution is 5.77. The summed E-state index contributed by atoms with van der Waals surface area (Å²) in [6.45, 7) is 5.90. The van der Waals surface area contributed by atoms with Gasteiger partial charge in [-0.2, -0.15) is 4.98 Å². The van der Waals surface area contributed by atoms with E-state index in [1.54, 1.807) is 11.6 Å². The third kappa shape index (κ3) is 4.20. The molecule has 1 aliphatic heterocycles. The molecule has 10 heteroatoms. The number of rotatable bonds is 5. The monoisotopic (exact) mass is 510 g/mol. The first-order valence-corrected chi connectivity index (χ1v) is 12.8. The molecule has 0 radical (unpaired) electrons. The number of fused-ring (bicyclic) bond motifs is 2. The van der Waals surface area contributed by atoms with Crippen molar-refractivity contribution in [3.05, 3.63) is 64.2 Å². The summed E-state index contributed by atoms with van der Waals surface area (Å²) in [5.74, 6) is 3.37. The maximum atomic E-state index is 13.2. The predicted molar refractivity (Wildman–Crippen MR) is 147 cm³/mol. The molecule has 38 heavy (non-hydrogen) atoms. The number of terminal acetylenes is 1. The number of aryl methyl sites for hydroxylation is 1. The van der Waals surface area contributed by atoms with E-state index in [1.165, 1.54) is 16.6 Å². The molecule has 0 bridgehead atoms. The van der Waals surface area contributed by atoms with Gasteiger partial charge in [-0.3, -0.25) is 4.79 Å². The van der Waals surface area contributed by atoms with E-state index >= 15 is 0 Å². The minimum Gasteiger partial charge on any atom is -0.384 e. The molecule has 0 saturated carbocycles. The average molecular weight is 511 g/mol. The Morgan fingerprint density at radius 1 is 1.11 bits per heavy atom. The predicted octanol–water partition coefficient (Wildman–Crippen LogP) is 2.26. The lowest BCUT2D eigenvalue weighted by atomic mass is 10.0. The molecule has 3 aromatic heterocycles. The van der Waals surface area contributed by atoms with Gasteiger partial charge in [0, 0.05) is 43.8 Å². The highest BCUT2D eigenvalue weighted by Crippen LogP contribution is 2.35. The molecule has 4 heterocycles. The Bertz CT molecular complexity index is 1610. The fourth-order valence-electron chi connectivity index (χ4n) is 5.26. The number of pyridine rings is 1.